The first-order chi connectivity index (χ1) is 7.12. The van der Waals surface area contributed by atoms with Crippen LogP contribution in [-0.2, 0) is 9.53 Å². The van der Waals surface area contributed by atoms with Crippen LogP contribution in [-0.4, -0.2) is 42.7 Å². The molecule has 2 saturated heterocycles. The molecular weight excluding hydrogens is 270 g/mol. The standard InChI is InChI=1S/C12H22NO2.BrH/c1-10(14)15-12-7-5-9-13(2)8-4-3-6-11(12)13;/h11-12H,3-9H2,1-2H3;1H/q+1;/p-1/t11-,12-,13?;/m1./s1. The van der Waals surface area contributed by atoms with Crippen molar-refractivity contribution in [2.75, 3.05) is 20.1 Å². The maximum absolute atomic E-state index is 11.1. The highest BCUT2D eigenvalue weighted by Crippen LogP contribution is 2.33. The summed E-state index contributed by atoms with van der Waals surface area (Å²) in [6.07, 6.45) is 6.31. The lowest BCUT2D eigenvalue weighted by Gasteiger charge is -2.50. The van der Waals surface area contributed by atoms with Gasteiger partial charge in [0, 0.05) is 19.8 Å². The molecule has 0 aromatic heterocycles. The summed E-state index contributed by atoms with van der Waals surface area (Å²) in [5.74, 6) is -0.112. The first-order valence-electron chi connectivity index (χ1n) is 6.13. The number of halogens is 1. The van der Waals surface area contributed by atoms with E-state index in [9.17, 15) is 4.79 Å². The maximum atomic E-state index is 11.1. The van der Waals surface area contributed by atoms with Crippen LogP contribution in [0.4, 0.5) is 0 Å². The molecule has 2 aliphatic rings. The van der Waals surface area contributed by atoms with E-state index in [1.54, 1.807) is 0 Å². The van der Waals surface area contributed by atoms with Crippen LogP contribution in [0.2, 0.25) is 0 Å². The van der Waals surface area contributed by atoms with Crippen molar-refractivity contribution < 1.29 is 31.0 Å². The van der Waals surface area contributed by atoms with Crippen molar-refractivity contribution in [3.63, 3.8) is 0 Å². The van der Waals surface area contributed by atoms with Crippen LogP contribution >= 0.6 is 0 Å². The summed E-state index contributed by atoms with van der Waals surface area (Å²) in [6.45, 7) is 4.06. The van der Waals surface area contributed by atoms with Crippen LogP contribution in [0.25, 0.3) is 0 Å². The van der Waals surface area contributed by atoms with Gasteiger partial charge in [-0.25, -0.2) is 0 Å². The zero-order valence-corrected chi connectivity index (χ0v) is 11.8. The van der Waals surface area contributed by atoms with Crippen molar-refractivity contribution in [2.45, 2.75) is 51.2 Å². The van der Waals surface area contributed by atoms with Crippen LogP contribution in [0.5, 0.6) is 0 Å². The molecular formula is C12H22BrNO2. The van der Waals surface area contributed by atoms with Crippen molar-refractivity contribution in [2.24, 2.45) is 0 Å². The minimum Gasteiger partial charge on any atom is -1.00 e. The number of likely N-dealkylation sites (N-methyl/N-ethyl adjacent to an activating group) is 1. The Hall–Kier alpha value is -0.0900. The van der Waals surface area contributed by atoms with Gasteiger partial charge in [0.1, 0.15) is 6.04 Å². The first kappa shape index (κ1) is 14.0. The minimum absolute atomic E-state index is 0. The molecule has 3 nitrogen and oxygen atoms in total. The third kappa shape index (κ3) is 2.77. The Morgan fingerprint density at radius 1 is 1.19 bits per heavy atom. The van der Waals surface area contributed by atoms with Crippen LogP contribution < -0.4 is 17.0 Å². The fourth-order valence-electron chi connectivity index (χ4n) is 3.37. The SMILES string of the molecule is CC(=O)O[C@@H]1CCC[N+]2(C)CCCC[C@H]12.[Br-]. The number of hydrogen-bond acceptors (Lipinski definition) is 2. The molecule has 0 aromatic carbocycles. The van der Waals surface area contributed by atoms with Gasteiger partial charge in [-0.2, -0.15) is 0 Å². The quantitative estimate of drug-likeness (QED) is 0.444. The van der Waals surface area contributed by atoms with Crippen molar-refractivity contribution in [1.82, 2.24) is 0 Å². The van der Waals surface area contributed by atoms with Gasteiger partial charge < -0.3 is 26.2 Å². The second-order valence-corrected chi connectivity index (χ2v) is 5.28. The summed E-state index contributed by atoms with van der Waals surface area (Å²) in [6, 6.07) is 0.566. The molecule has 0 N–H and O–H groups in total. The Bertz CT molecular complexity index is 255. The minimum atomic E-state index is -0.112. The van der Waals surface area contributed by atoms with Gasteiger partial charge in [0.15, 0.2) is 6.10 Å². The van der Waals surface area contributed by atoms with E-state index in [-0.39, 0.29) is 29.1 Å². The fourth-order valence-corrected chi connectivity index (χ4v) is 3.37. The van der Waals surface area contributed by atoms with Gasteiger partial charge in [0.25, 0.3) is 0 Å². The molecule has 0 spiro atoms. The van der Waals surface area contributed by atoms with Crippen LogP contribution in [0.1, 0.15) is 39.0 Å². The molecule has 16 heavy (non-hydrogen) atoms. The van der Waals surface area contributed by atoms with Gasteiger partial charge >= 0.3 is 5.97 Å². The molecule has 0 aromatic rings. The summed E-state index contributed by atoms with van der Waals surface area (Å²) >= 11 is 0. The summed E-state index contributed by atoms with van der Waals surface area (Å²) in [5, 5.41) is 0. The lowest BCUT2D eigenvalue weighted by molar-refractivity contribution is -0.946. The largest absolute Gasteiger partial charge is 1.00 e. The highest BCUT2D eigenvalue weighted by molar-refractivity contribution is 5.66. The summed E-state index contributed by atoms with van der Waals surface area (Å²) in [5.41, 5.74) is 0. The van der Waals surface area contributed by atoms with Crippen LogP contribution in [0.3, 0.4) is 0 Å². The first-order valence-corrected chi connectivity index (χ1v) is 6.13. The van der Waals surface area contributed by atoms with E-state index < -0.39 is 0 Å². The molecule has 0 amide bonds. The predicted molar refractivity (Wildman–Crippen MR) is 58.3 cm³/mol. The number of quaternary nitrogens is 1. The van der Waals surface area contributed by atoms with Crippen molar-refractivity contribution >= 4 is 5.97 Å². The fraction of sp³-hybridized carbons (Fsp3) is 0.917. The monoisotopic (exact) mass is 291 g/mol. The van der Waals surface area contributed by atoms with Gasteiger partial charge in [0.05, 0.1) is 20.1 Å². The Morgan fingerprint density at radius 2 is 1.88 bits per heavy atom. The van der Waals surface area contributed by atoms with Crippen molar-refractivity contribution in [3.8, 4) is 0 Å². The lowest BCUT2D eigenvalue weighted by atomic mass is 9.88. The summed E-state index contributed by atoms with van der Waals surface area (Å²) in [4.78, 5) is 11.1. The number of carbonyl (C=O) groups excluding carboxylic acids is 1. The Balaban J connectivity index is 0.00000128. The number of hydrogen-bond donors (Lipinski definition) is 0. The Labute approximate surface area is 108 Å². The highest BCUT2D eigenvalue weighted by atomic mass is 79.9. The average molecular weight is 292 g/mol. The molecule has 0 saturated carbocycles. The number of nitrogens with zero attached hydrogens (tertiary/aromatic N) is 1. The molecule has 0 aliphatic carbocycles. The van der Waals surface area contributed by atoms with E-state index in [2.05, 4.69) is 7.05 Å². The van der Waals surface area contributed by atoms with E-state index in [0.29, 0.717) is 6.04 Å². The summed E-state index contributed by atoms with van der Waals surface area (Å²) < 4.78 is 6.61. The second kappa shape index (κ2) is 5.50. The van der Waals surface area contributed by atoms with Gasteiger partial charge in [0.2, 0.25) is 0 Å². The highest BCUT2D eigenvalue weighted by Gasteiger charge is 2.44. The normalized spacial score (nSPS) is 38.1. The Morgan fingerprint density at radius 3 is 2.56 bits per heavy atom. The van der Waals surface area contributed by atoms with Gasteiger partial charge in [-0.15, -0.1) is 0 Å². The maximum Gasteiger partial charge on any atom is 0.303 e. The van der Waals surface area contributed by atoms with E-state index in [1.165, 1.54) is 45.7 Å². The Kier molecular flexibility index (Phi) is 4.80. The molecule has 1 unspecified atom stereocenters. The molecule has 4 heteroatoms. The van der Waals surface area contributed by atoms with Crippen molar-refractivity contribution in [3.05, 3.63) is 0 Å². The molecule has 0 radical (unpaired) electrons. The average Bonchev–Trinajstić information content (AvgIpc) is 2.16. The van der Waals surface area contributed by atoms with Gasteiger partial charge in [-0.05, 0) is 19.3 Å². The summed E-state index contributed by atoms with van der Waals surface area (Å²) in [7, 11) is 2.33. The van der Waals surface area contributed by atoms with E-state index >= 15 is 0 Å². The van der Waals surface area contributed by atoms with E-state index in [0.717, 1.165) is 10.9 Å². The molecule has 0 bridgehead atoms. The molecule has 2 heterocycles. The number of carbonyl (C=O) groups is 1. The predicted octanol–water partition coefficient (Wildman–Crippen LogP) is -1.28. The number of ether oxygens (including phenoxy) is 1. The number of esters is 1. The molecule has 2 fully saturated rings. The number of fused-ring (bicyclic) bond motifs is 1. The smallest absolute Gasteiger partial charge is 0.303 e. The van der Waals surface area contributed by atoms with Gasteiger partial charge in [-0.3, -0.25) is 4.79 Å². The van der Waals surface area contributed by atoms with E-state index in [1.807, 2.05) is 0 Å². The second-order valence-electron chi connectivity index (χ2n) is 5.28. The molecule has 2 rings (SSSR count). The zero-order chi connectivity index (χ0) is 10.9. The lowest BCUT2D eigenvalue weighted by Crippen LogP contribution is -3.00. The molecule has 3 atom stereocenters. The molecule has 94 valence electrons. The van der Waals surface area contributed by atoms with Crippen molar-refractivity contribution in [1.29, 1.82) is 0 Å². The number of rotatable bonds is 1. The third-order valence-electron chi connectivity index (χ3n) is 4.12. The van der Waals surface area contributed by atoms with Gasteiger partial charge in [-0.1, -0.05) is 0 Å². The zero-order valence-electron chi connectivity index (χ0n) is 10.2. The topological polar surface area (TPSA) is 26.3 Å². The number of piperidine rings is 2. The van der Waals surface area contributed by atoms with E-state index in [4.69, 9.17) is 4.74 Å². The molecule has 2 aliphatic heterocycles. The third-order valence-corrected chi connectivity index (χ3v) is 4.12. The van der Waals surface area contributed by atoms with Crippen LogP contribution in [0, 0.1) is 0 Å². The van der Waals surface area contributed by atoms with Crippen LogP contribution in [0.15, 0.2) is 0 Å².